The number of nitrogens with zero attached hydrogens (tertiary/aromatic N) is 1. The maximum atomic E-state index is 12.5. The zero-order valence-corrected chi connectivity index (χ0v) is 18.4. The molecular weight excluding hydrogens is 408 g/mol. The van der Waals surface area contributed by atoms with Gasteiger partial charge in [0, 0.05) is 49.2 Å². The zero-order chi connectivity index (χ0) is 22.8. The first kappa shape index (κ1) is 23.3. The van der Waals surface area contributed by atoms with Crippen molar-refractivity contribution < 1.29 is 19.1 Å². The van der Waals surface area contributed by atoms with Crippen LogP contribution in [0, 0.1) is 0 Å². The first-order chi connectivity index (χ1) is 15.6. The van der Waals surface area contributed by atoms with E-state index >= 15 is 0 Å². The third-order valence-electron chi connectivity index (χ3n) is 5.25. The Hall–Kier alpha value is -3.39. The monoisotopic (exact) mass is 438 g/mol. The molecule has 0 radical (unpaired) electrons. The van der Waals surface area contributed by atoms with E-state index in [9.17, 15) is 14.4 Å². The molecular formula is C24H30N4O4. The summed E-state index contributed by atoms with van der Waals surface area (Å²) in [5, 5.41) is 8.59. The number of hydrogen-bond acceptors (Lipinski definition) is 5. The molecule has 2 aromatic rings. The fourth-order valence-corrected chi connectivity index (χ4v) is 3.47. The van der Waals surface area contributed by atoms with Crippen LogP contribution in [-0.4, -0.2) is 62.5 Å². The summed E-state index contributed by atoms with van der Waals surface area (Å²) in [6.07, 6.45) is 3.30. The van der Waals surface area contributed by atoms with Crippen LogP contribution in [0.3, 0.4) is 0 Å². The van der Waals surface area contributed by atoms with E-state index in [0.717, 1.165) is 31.6 Å². The summed E-state index contributed by atoms with van der Waals surface area (Å²) < 4.78 is 4.90. The fourth-order valence-electron chi connectivity index (χ4n) is 3.47. The lowest BCUT2D eigenvalue weighted by Gasteiger charge is -2.26. The molecule has 3 amide bonds. The molecule has 8 nitrogen and oxygen atoms in total. The molecule has 1 aliphatic rings. The standard InChI is InChI=1S/C24H30N4O4/c1-32-16-13-25-23(30)18-5-11-21(12-6-18)27-22(29)17-26-20-9-7-19(8-10-20)24(31)28-14-3-2-4-15-28/h5-12,26H,2-4,13-17H2,1H3,(H,25,30)(H,27,29). The van der Waals surface area contributed by atoms with Gasteiger partial charge in [-0.2, -0.15) is 0 Å². The zero-order valence-electron chi connectivity index (χ0n) is 18.4. The van der Waals surface area contributed by atoms with Crippen LogP contribution in [-0.2, 0) is 9.53 Å². The number of piperidine rings is 1. The molecule has 1 heterocycles. The lowest BCUT2D eigenvalue weighted by molar-refractivity contribution is -0.114. The molecule has 1 fully saturated rings. The van der Waals surface area contributed by atoms with Gasteiger partial charge in [-0.3, -0.25) is 14.4 Å². The van der Waals surface area contributed by atoms with Crippen LogP contribution >= 0.6 is 0 Å². The van der Waals surface area contributed by atoms with Crippen LogP contribution < -0.4 is 16.0 Å². The molecule has 32 heavy (non-hydrogen) atoms. The van der Waals surface area contributed by atoms with E-state index in [0.29, 0.717) is 30.0 Å². The van der Waals surface area contributed by atoms with Crippen LogP contribution in [0.5, 0.6) is 0 Å². The molecule has 3 rings (SSSR count). The summed E-state index contributed by atoms with van der Waals surface area (Å²) in [5.41, 5.74) is 2.54. The van der Waals surface area contributed by atoms with Crippen molar-refractivity contribution in [3.8, 4) is 0 Å². The normalized spacial score (nSPS) is 13.3. The van der Waals surface area contributed by atoms with E-state index in [-0.39, 0.29) is 24.3 Å². The van der Waals surface area contributed by atoms with Gasteiger partial charge in [-0.25, -0.2) is 0 Å². The molecule has 0 aromatic heterocycles. The largest absolute Gasteiger partial charge is 0.383 e. The molecule has 0 spiro atoms. The first-order valence-corrected chi connectivity index (χ1v) is 10.9. The molecule has 0 saturated carbocycles. The lowest BCUT2D eigenvalue weighted by atomic mass is 10.1. The molecule has 1 saturated heterocycles. The van der Waals surface area contributed by atoms with Gasteiger partial charge in [-0.15, -0.1) is 0 Å². The molecule has 0 bridgehead atoms. The lowest BCUT2D eigenvalue weighted by Crippen LogP contribution is -2.35. The number of hydrogen-bond donors (Lipinski definition) is 3. The topological polar surface area (TPSA) is 99.8 Å². The Bertz CT molecular complexity index is 907. The van der Waals surface area contributed by atoms with Gasteiger partial charge in [0.2, 0.25) is 5.91 Å². The number of ether oxygens (including phenoxy) is 1. The highest BCUT2D eigenvalue weighted by Gasteiger charge is 2.17. The molecule has 8 heteroatoms. The molecule has 3 N–H and O–H groups in total. The van der Waals surface area contributed by atoms with E-state index in [4.69, 9.17) is 4.74 Å². The summed E-state index contributed by atoms with van der Waals surface area (Å²) >= 11 is 0. The number of carbonyl (C=O) groups is 3. The highest BCUT2D eigenvalue weighted by Crippen LogP contribution is 2.16. The van der Waals surface area contributed by atoms with Crippen molar-refractivity contribution in [3.63, 3.8) is 0 Å². The average Bonchev–Trinajstić information content (AvgIpc) is 2.84. The number of carbonyl (C=O) groups excluding carboxylic acids is 3. The van der Waals surface area contributed by atoms with Gasteiger partial charge in [0.15, 0.2) is 0 Å². The Balaban J connectivity index is 1.44. The fraction of sp³-hybridized carbons (Fsp3) is 0.375. The van der Waals surface area contributed by atoms with E-state index in [2.05, 4.69) is 16.0 Å². The molecule has 1 aliphatic heterocycles. The minimum atomic E-state index is -0.212. The second-order valence-electron chi connectivity index (χ2n) is 7.66. The molecule has 0 atom stereocenters. The first-order valence-electron chi connectivity index (χ1n) is 10.9. The number of likely N-dealkylation sites (tertiary alicyclic amines) is 1. The van der Waals surface area contributed by atoms with E-state index in [1.165, 1.54) is 6.42 Å². The van der Waals surface area contributed by atoms with E-state index < -0.39 is 0 Å². The number of methoxy groups -OCH3 is 1. The number of amides is 3. The predicted molar refractivity (Wildman–Crippen MR) is 124 cm³/mol. The summed E-state index contributed by atoms with van der Waals surface area (Å²) in [5.74, 6) is -0.343. The highest BCUT2D eigenvalue weighted by atomic mass is 16.5. The van der Waals surface area contributed by atoms with Crippen molar-refractivity contribution in [2.45, 2.75) is 19.3 Å². The Kier molecular flexibility index (Phi) is 8.62. The van der Waals surface area contributed by atoms with Crippen LogP contribution in [0.4, 0.5) is 11.4 Å². The van der Waals surface area contributed by atoms with Crippen LogP contribution in [0.25, 0.3) is 0 Å². The maximum absolute atomic E-state index is 12.5. The van der Waals surface area contributed by atoms with Gasteiger partial charge in [0.1, 0.15) is 0 Å². The smallest absolute Gasteiger partial charge is 0.253 e. The van der Waals surface area contributed by atoms with Crippen molar-refractivity contribution in [2.24, 2.45) is 0 Å². The van der Waals surface area contributed by atoms with Crippen LogP contribution in [0.2, 0.25) is 0 Å². The van der Waals surface area contributed by atoms with Crippen molar-refractivity contribution in [3.05, 3.63) is 59.7 Å². The second kappa shape index (κ2) is 11.9. The van der Waals surface area contributed by atoms with E-state index in [1.807, 2.05) is 4.90 Å². The van der Waals surface area contributed by atoms with Gasteiger partial charge in [-0.1, -0.05) is 0 Å². The Labute approximate surface area is 188 Å². The van der Waals surface area contributed by atoms with Gasteiger partial charge >= 0.3 is 0 Å². The van der Waals surface area contributed by atoms with Gasteiger partial charge < -0.3 is 25.6 Å². The Morgan fingerprint density at radius 2 is 1.50 bits per heavy atom. The summed E-state index contributed by atoms with van der Waals surface area (Å²) in [6.45, 7) is 2.60. The molecule has 0 unspecified atom stereocenters. The van der Waals surface area contributed by atoms with Crippen LogP contribution in [0.15, 0.2) is 48.5 Å². The highest BCUT2D eigenvalue weighted by molar-refractivity contribution is 5.97. The van der Waals surface area contributed by atoms with E-state index in [1.54, 1.807) is 55.6 Å². The summed E-state index contributed by atoms with van der Waals surface area (Å²) in [6, 6.07) is 13.9. The van der Waals surface area contributed by atoms with Gasteiger partial charge in [-0.05, 0) is 67.8 Å². The Morgan fingerprint density at radius 1 is 0.875 bits per heavy atom. The number of rotatable bonds is 9. The average molecular weight is 439 g/mol. The minimum Gasteiger partial charge on any atom is -0.383 e. The van der Waals surface area contributed by atoms with Crippen molar-refractivity contribution in [1.82, 2.24) is 10.2 Å². The number of nitrogens with one attached hydrogen (secondary N) is 3. The van der Waals surface area contributed by atoms with Crippen LogP contribution in [0.1, 0.15) is 40.0 Å². The molecule has 2 aromatic carbocycles. The predicted octanol–water partition coefficient (Wildman–Crippen LogP) is 2.74. The number of anilines is 2. The third-order valence-corrected chi connectivity index (χ3v) is 5.25. The summed E-state index contributed by atoms with van der Waals surface area (Å²) in [4.78, 5) is 38.6. The number of benzene rings is 2. The minimum absolute atomic E-state index is 0.0600. The molecule has 170 valence electrons. The Morgan fingerprint density at radius 3 is 2.16 bits per heavy atom. The van der Waals surface area contributed by atoms with Gasteiger partial charge in [0.25, 0.3) is 11.8 Å². The summed E-state index contributed by atoms with van der Waals surface area (Å²) in [7, 11) is 1.57. The van der Waals surface area contributed by atoms with Crippen molar-refractivity contribution in [2.75, 3.05) is 50.5 Å². The molecule has 0 aliphatic carbocycles. The SMILES string of the molecule is COCCNC(=O)c1ccc(NC(=O)CNc2ccc(C(=O)N3CCCCC3)cc2)cc1. The van der Waals surface area contributed by atoms with Crippen molar-refractivity contribution in [1.29, 1.82) is 0 Å². The third kappa shape index (κ3) is 6.81. The van der Waals surface area contributed by atoms with Gasteiger partial charge in [0.05, 0.1) is 13.2 Å². The van der Waals surface area contributed by atoms with Crippen molar-refractivity contribution >= 4 is 29.1 Å². The second-order valence-corrected chi connectivity index (χ2v) is 7.66. The quantitative estimate of drug-likeness (QED) is 0.523. The maximum Gasteiger partial charge on any atom is 0.253 e.